The number of allylic oxidation sites excluding steroid dienone is 2. The summed E-state index contributed by atoms with van der Waals surface area (Å²) in [6.07, 6.45) is 30.4. The van der Waals surface area contributed by atoms with E-state index in [1.165, 1.54) is 116 Å². The lowest BCUT2D eigenvalue weighted by atomic mass is 10.1. The molecule has 8 nitrogen and oxygen atoms in total. The van der Waals surface area contributed by atoms with Crippen LogP contribution in [0.3, 0.4) is 0 Å². The van der Waals surface area contributed by atoms with Crippen molar-refractivity contribution in [1.29, 1.82) is 0 Å². The molecule has 0 bridgehead atoms. The molecule has 9 heteroatoms. The van der Waals surface area contributed by atoms with Gasteiger partial charge in [0.25, 0.3) is 0 Å². The minimum atomic E-state index is -4.23. The van der Waals surface area contributed by atoms with Crippen molar-refractivity contribution in [3.63, 3.8) is 0 Å². The number of unbranched alkanes of at least 4 members (excludes halogenated alkanes) is 18. The molecule has 2 atom stereocenters. The summed E-state index contributed by atoms with van der Waals surface area (Å²) < 4.78 is 33.9. The van der Waals surface area contributed by atoms with Gasteiger partial charge in [-0.1, -0.05) is 122 Å². The van der Waals surface area contributed by atoms with E-state index in [0.717, 1.165) is 12.8 Å². The van der Waals surface area contributed by atoms with Gasteiger partial charge in [-0.05, 0) is 32.1 Å². The lowest BCUT2D eigenvalue weighted by molar-refractivity contribution is -0.870. The average molecular weight is 649 g/mol. The molecule has 0 fully saturated rings. The first-order valence-electron chi connectivity index (χ1n) is 17.9. The van der Waals surface area contributed by atoms with E-state index in [2.05, 4.69) is 19.1 Å². The molecule has 0 amide bonds. The fourth-order valence-corrected chi connectivity index (χ4v) is 5.50. The van der Waals surface area contributed by atoms with E-state index >= 15 is 0 Å². The number of carbonyl (C=O) groups is 1. The summed E-state index contributed by atoms with van der Waals surface area (Å²) in [5.41, 5.74) is 0. The van der Waals surface area contributed by atoms with Crippen molar-refractivity contribution >= 4 is 13.8 Å². The van der Waals surface area contributed by atoms with Gasteiger partial charge in [-0.25, -0.2) is 4.57 Å². The van der Waals surface area contributed by atoms with Crippen LogP contribution >= 0.6 is 7.82 Å². The van der Waals surface area contributed by atoms with Crippen molar-refractivity contribution in [3.05, 3.63) is 12.2 Å². The molecule has 2 unspecified atom stereocenters. The number of esters is 1. The van der Waals surface area contributed by atoms with Crippen LogP contribution in [0.5, 0.6) is 0 Å². The third-order valence-corrected chi connectivity index (χ3v) is 8.62. The van der Waals surface area contributed by atoms with E-state index < -0.39 is 19.9 Å². The smallest absolute Gasteiger partial charge is 0.457 e. The van der Waals surface area contributed by atoms with E-state index in [-0.39, 0.29) is 26.2 Å². The standard InChI is InChI=1S/C35H70NO7P/c1-6-8-9-10-11-12-13-14-15-16-17-18-19-20-21-22-23-24-25-26-27-28-30-40-32-34(43-35(37)7-2)33-42-44(38,39)41-31-29-36(3,4)5/h16-17,34H,6-15,18-33H2,1-5H3/p+1/b17-16-. The predicted molar refractivity (Wildman–Crippen MR) is 183 cm³/mol. The Hall–Kier alpha value is -0.760. The zero-order valence-corrected chi connectivity index (χ0v) is 30.3. The number of quaternary nitrogens is 1. The van der Waals surface area contributed by atoms with E-state index in [1.54, 1.807) is 6.92 Å². The molecule has 0 rings (SSSR count). The van der Waals surface area contributed by atoms with Gasteiger partial charge in [-0.15, -0.1) is 0 Å². The Labute approximate surface area is 271 Å². The Bertz CT molecular complexity index is 726. The van der Waals surface area contributed by atoms with Gasteiger partial charge in [-0.2, -0.15) is 0 Å². The Kier molecular flexibility index (Phi) is 29.1. The van der Waals surface area contributed by atoms with Crippen LogP contribution in [0.1, 0.15) is 149 Å². The molecule has 0 aromatic carbocycles. The second-order valence-electron chi connectivity index (χ2n) is 13.2. The highest BCUT2D eigenvalue weighted by atomic mass is 31.2. The molecule has 0 spiro atoms. The van der Waals surface area contributed by atoms with Crippen LogP contribution in [0.4, 0.5) is 0 Å². The Morgan fingerprint density at radius 3 is 1.64 bits per heavy atom. The fourth-order valence-electron chi connectivity index (χ4n) is 4.76. The number of ether oxygens (including phenoxy) is 2. The van der Waals surface area contributed by atoms with Crippen LogP contribution in [0.15, 0.2) is 12.2 Å². The first kappa shape index (κ1) is 43.2. The van der Waals surface area contributed by atoms with Crippen LogP contribution in [-0.2, 0) is 27.9 Å². The van der Waals surface area contributed by atoms with E-state index in [9.17, 15) is 14.3 Å². The molecule has 0 radical (unpaired) electrons. The van der Waals surface area contributed by atoms with Crippen LogP contribution in [0.2, 0.25) is 0 Å². The van der Waals surface area contributed by atoms with Crippen LogP contribution < -0.4 is 0 Å². The molecule has 0 aromatic rings. The number of hydrogen-bond acceptors (Lipinski definition) is 6. The van der Waals surface area contributed by atoms with Crippen molar-refractivity contribution in [2.75, 3.05) is 54.1 Å². The fraction of sp³-hybridized carbons (Fsp3) is 0.914. The summed E-state index contributed by atoms with van der Waals surface area (Å²) in [5.74, 6) is -0.401. The normalized spacial score (nSPS) is 14.2. The van der Waals surface area contributed by atoms with Gasteiger partial charge in [0.2, 0.25) is 0 Å². The number of hydrogen-bond donors (Lipinski definition) is 1. The highest BCUT2D eigenvalue weighted by Crippen LogP contribution is 2.43. The molecule has 44 heavy (non-hydrogen) atoms. The summed E-state index contributed by atoms with van der Waals surface area (Å²) in [4.78, 5) is 21.7. The van der Waals surface area contributed by atoms with Gasteiger partial charge in [0.05, 0.1) is 34.4 Å². The second kappa shape index (κ2) is 29.6. The quantitative estimate of drug-likeness (QED) is 0.0249. The Morgan fingerprint density at radius 2 is 1.16 bits per heavy atom. The topological polar surface area (TPSA) is 91.3 Å². The van der Waals surface area contributed by atoms with Gasteiger partial charge in [0.15, 0.2) is 0 Å². The van der Waals surface area contributed by atoms with Gasteiger partial charge in [0.1, 0.15) is 19.3 Å². The van der Waals surface area contributed by atoms with Crippen LogP contribution in [0.25, 0.3) is 0 Å². The van der Waals surface area contributed by atoms with Crippen LogP contribution in [0, 0.1) is 0 Å². The highest BCUT2D eigenvalue weighted by molar-refractivity contribution is 7.47. The van der Waals surface area contributed by atoms with Crippen molar-refractivity contribution in [3.8, 4) is 0 Å². The molecule has 0 heterocycles. The van der Waals surface area contributed by atoms with Gasteiger partial charge < -0.3 is 18.9 Å². The maximum Gasteiger partial charge on any atom is 0.472 e. The molecular weight excluding hydrogens is 577 g/mol. The number of phosphoric acid groups is 1. The summed E-state index contributed by atoms with van der Waals surface area (Å²) in [6.45, 7) is 5.06. The zero-order chi connectivity index (χ0) is 32.8. The largest absolute Gasteiger partial charge is 0.472 e. The van der Waals surface area contributed by atoms with E-state index in [1.807, 2.05) is 21.1 Å². The molecule has 0 aliphatic rings. The third kappa shape index (κ3) is 32.6. The van der Waals surface area contributed by atoms with E-state index in [0.29, 0.717) is 17.6 Å². The molecule has 262 valence electrons. The third-order valence-electron chi connectivity index (χ3n) is 7.63. The molecule has 0 aliphatic heterocycles. The lowest BCUT2D eigenvalue weighted by Crippen LogP contribution is -2.37. The van der Waals surface area contributed by atoms with Crippen molar-refractivity contribution in [2.45, 2.75) is 155 Å². The summed E-state index contributed by atoms with van der Waals surface area (Å²) in [5, 5.41) is 0. The molecular formula is C35H71NO7P+. The van der Waals surface area contributed by atoms with Crippen molar-refractivity contribution < 1.29 is 37.3 Å². The molecule has 1 N–H and O–H groups in total. The number of nitrogens with zero attached hydrogens (tertiary/aromatic N) is 1. The monoisotopic (exact) mass is 648 g/mol. The van der Waals surface area contributed by atoms with Crippen molar-refractivity contribution in [1.82, 2.24) is 0 Å². The number of carbonyl (C=O) groups excluding carboxylic acids is 1. The first-order chi connectivity index (χ1) is 21.1. The van der Waals surface area contributed by atoms with E-state index in [4.69, 9.17) is 18.5 Å². The van der Waals surface area contributed by atoms with Gasteiger partial charge in [-0.3, -0.25) is 13.8 Å². The number of likely N-dealkylation sites (N-methyl/N-ethyl adjacent to an activating group) is 1. The Morgan fingerprint density at radius 1 is 0.682 bits per heavy atom. The van der Waals surface area contributed by atoms with Crippen LogP contribution in [-0.4, -0.2) is 75.6 Å². The minimum Gasteiger partial charge on any atom is -0.457 e. The Balaban J connectivity index is 3.69. The van der Waals surface area contributed by atoms with Gasteiger partial charge in [0, 0.05) is 13.0 Å². The summed E-state index contributed by atoms with van der Waals surface area (Å²) in [7, 11) is 1.66. The summed E-state index contributed by atoms with van der Waals surface area (Å²) >= 11 is 0. The highest BCUT2D eigenvalue weighted by Gasteiger charge is 2.26. The van der Waals surface area contributed by atoms with Gasteiger partial charge >= 0.3 is 13.8 Å². The second-order valence-corrected chi connectivity index (χ2v) is 14.7. The summed E-state index contributed by atoms with van der Waals surface area (Å²) in [6, 6.07) is 0. The lowest BCUT2D eigenvalue weighted by Gasteiger charge is -2.24. The maximum atomic E-state index is 12.2. The molecule has 0 aliphatic carbocycles. The number of rotatable bonds is 33. The molecule has 0 aromatic heterocycles. The number of phosphoric ester groups is 1. The molecule has 0 saturated heterocycles. The molecule has 0 saturated carbocycles. The zero-order valence-electron chi connectivity index (χ0n) is 29.4. The average Bonchev–Trinajstić information content (AvgIpc) is 2.97. The van der Waals surface area contributed by atoms with Crippen molar-refractivity contribution in [2.24, 2.45) is 0 Å². The minimum absolute atomic E-state index is 0.0878. The maximum absolute atomic E-state index is 12.2. The predicted octanol–water partition coefficient (Wildman–Crippen LogP) is 9.54. The SMILES string of the molecule is CCCCCCCCCC/C=C\CCCCCCCCCCCCOCC(COP(=O)(O)OCC[N+](C)(C)C)OC(=O)CC. The first-order valence-corrected chi connectivity index (χ1v) is 19.4.